The fourth-order valence-corrected chi connectivity index (χ4v) is 7.62. The molecule has 0 aromatic heterocycles. The Hall–Kier alpha value is -0.340. The van der Waals surface area contributed by atoms with Crippen molar-refractivity contribution in [3.8, 4) is 0 Å². The maximum atomic E-state index is 11.1. The molecule has 2 N–H and O–H groups in total. The molecule has 0 amide bonds. The van der Waals surface area contributed by atoms with Gasteiger partial charge in [0.25, 0.3) is 0 Å². The average molecular weight is 319 g/mol. The minimum atomic E-state index is -0.650. The number of rotatable bonds is 1. The maximum absolute atomic E-state index is 11.1. The molecule has 4 saturated carbocycles. The topological polar surface area (TPSA) is 40.5 Å². The van der Waals surface area contributed by atoms with Crippen molar-refractivity contribution in [3.05, 3.63) is 12.7 Å². The highest BCUT2D eigenvalue weighted by Crippen LogP contribution is 2.68. The Morgan fingerprint density at radius 3 is 2.43 bits per heavy atom. The minimum Gasteiger partial charge on any atom is -0.393 e. The fraction of sp³-hybridized carbons (Fsp3) is 0.905. The molecule has 2 heteroatoms. The lowest BCUT2D eigenvalue weighted by molar-refractivity contribution is -0.146. The van der Waals surface area contributed by atoms with Crippen molar-refractivity contribution < 1.29 is 10.2 Å². The monoisotopic (exact) mass is 318 g/mol. The second kappa shape index (κ2) is 5.08. The van der Waals surface area contributed by atoms with Crippen LogP contribution in [-0.4, -0.2) is 21.9 Å². The van der Waals surface area contributed by atoms with Crippen LogP contribution in [-0.2, 0) is 0 Å². The van der Waals surface area contributed by atoms with Crippen LogP contribution >= 0.6 is 0 Å². The predicted octanol–water partition coefficient (Wildman–Crippen LogP) is 4.31. The van der Waals surface area contributed by atoms with Crippen LogP contribution in [0.4, 0.5) is 0 Å². The highest BCUT2D eigenvalue weighted by molar-refractivity contribution is 5.18. The molecule has 0 aromatic carbocycles. The third kappa shape index (κ3) is 2.00. The second-order valence-corrected chi connectivity index (χ2v) is 9.71. The number of hydrogen-bond donors (Lipinski definition) is 2. The first-order valence-corrected chi connectivity index (χ1v) is 9.88. The first kappa shape index (κ1) is 16.1. The van der Waals surface area contributed by atoms with Gasteiger partial charge in [-0.15, -0.1) is 6.58 Å². The molecule has 8 atom stereocenters. The fourth-order valence-electron chi connectivity index (χ4n) is 7.62. The normalized spacial score (nSPS) is 58.9. The molecule has 4 rings (SSSR count). The summed E-state index contributed by atoms with van der Waals surface area (Å²) in [6.45, 7) is 8.82. The molecule has 0 unspecified atom stereocenters. The van der Waals surface area contributed by atoms with Crippen LogP contribution in [0.5, 0.6) is 0 Å². The van der Waals surface area contributed by atoms with E-state index in [2.05, 4.69) is 20.4 Å². The summed E-state index contributed by atoms with van der Waals surface area (Å²) < 4.78 is 0. The van der Waals surface area contributed by atoms with Gasteiger partial charge in [-0.1, -0.05) is 19.9 Å². The van der Waals surface area contributed by atoms with Gasteiger partial charge in [0.05, 0.1) is 11.7 Å². The van der Waals surface area contributed by atoms with Crippen molar-refractivity contribution in [1.82, 2.24) is 0 Å². The molecule has 0 bridgehead atoms. The van der Waals surface area contributed by atoms with E-state index in [1.807, 2.05) is 6.08 Å². The van der Waals surface area contributed by atoms with E-state index in [1.54, 1.807) is 0 Å². The molecule has 0 saturated heterocycles. The molecule has 130 valence electrons. The molecule has 23 heavy (non-hydrogen) atoms. The van der Waals surface area contributed by atoms with Crippen LogP contribution < -0.4 is 0 Å². The SMILES string of the molecule is C=C[C@]1(O)CC[C@H]2[C@@H]3CC[C@H]4C[C@@H](O)CC[C@]4(C)[C@H]3CC[C@@]21C. The van der Waals surface area contributed by atoms with Gasteiger partial charge < -0.3 is 10.2 Å². The molecule has 0 spiro atoms. The molecule has 0 heterocycles. The summed E-state index contributed by atoms with van der Waals surface area (Å²) in [6, 6.07) is 0. The van der Waals surface area contributed by atoms with Crippen LogP contribution in [0.25, 0.3) is 0 Å². The van der Waals surface area contributed by atoms with Gasteiger partial charge in [-0.05, 0) is 86.9 Å². The highest BCUT2D eigenvalue weighted by Gasteiger charge is 2.63. The minimum absolute atomic E-state index is 0.0350. The molecule has 4 aliphatic rings. The zero-order valence-electron chi connectivity index (χ0n) is 14.9. The van der Waals surface area contributed by atoms with Gasteiger partial charge in [0.2, 0.25) is 0 Å². The zero-order valence-corrected chi connectivity index (χ0v) is 14.9. The maximum Gasteiger partial charge on any atom is 0.0881 e. The Bertz CT molecular complexity index is 502. The van der Waals surface area contributed by atoms with Crippen molar-refractivity contribution >= 4 is 0 Å². The molecule has 0 radical (unpaired) electrons. The highest BCUT2D eigenvalue weighted by atomic mass is 16.3. The largest absolute Gasteiger partial charge is 0.393 e. The summed E-state index contributed by atoms with van der Waals surface area (Å²) in [5, 5.41) is 21.2. The van der Waals surface area contributed by atoms with Crippen LogP contribution in [0.2, 0.25) is 0 Å². The van der Waals surface area contributed by atoms with Gasteiger partial charge in [0.15, 0.2) is 0 Å². The van der Waals surface area contributed by atoms with Gasteiger partial charge in [-0.25, -0.2) is 0 Å². The lowest BCUT2D eigenvalue weighted by Gasteiger charge is -2.61. The van der Waals surface area contributed by atoms with Gasteiger partial charge >= 0.3 is 0 Å². The van der Waals surface area contributed by atoms with E-state index in [0.29, 0.717) is 11.3 Å². The molecule has 0 aromatic rings. The van der Waals surface area contributed by atoms with Crippen molar-refractivity contribution in [1.29, 1.82) is 0 Å². The van der Waals surface area contributed by atoms with E-state index in [4.69, 9.17) is 0 Å². The van der Waals surface area contributed by atoms with Crippen molar-refractivity contribution in [2.75, 3.05) is 0 Å². The van der Waals surface area contributed by atoms with Crippen LogP contribution in [0.3, 0.4) is 0 Å². The molecular formula is C21H34O2. The zero-order chi connectivity index (χ0) is 16.5. The van der Waals surface area contributed by atoms with E-state index in [-0.39, 0.29) is 11.5 Å². The quantitative estimate of drug-likeness (QED) is 0.707. The van der Waals surface area contributed by atoms with E-state index in [9.17, 15) is 10.2 Å². The van der Waals surface area contributed by atoms with Gasteiger partial charge in [-0.2, -0.15) is 0 Å². The summed E-state index contributed by atoms with van der Waals surface area (Å²) in [5.74, 6) is 2.96. The van der Waals surface area contributed by atoms with Gasteiger partial charge in [-0.3, -0.25) is 0 Å². The molecule has 4 aliphatic carbocycles. The standard InChI is InChI=1S/C21H34O2/c1-4-21(23)12-9-18-16-6-5-14-13-15(22)7-10-19(14,2)17(16)8-11-20(18,21)3/h4,14-18,22-23H,1,5-13H2,2-3H3/t14-,15-,16+,17-,18-,19-,20-,21-/m0/s1. The lowest BCUT2D eigenvalue weighted by Crippen LogP contribution is -2.56. The summed E-state index contributed by atoms with van der Waals surface area (Å²) in [4.78, 5) is 0. The molecule has 0 aliphatic heterocycles. The average Bonchev–Trinajstić information content (AvgIpc) is 2.80. The third-order valence-electron chi connectivity index (χ3n) is 9.19. The molecule has 4 fully saturated rings. The van der Waals surface area contributed by atoms with E-state index < -0.39 is 5.60 Å². The molecular weight excluding hydrogens is 284 g/mol. The summed E-state index contributed by atoms with van der Waals surface area (Å²) >= 11 is 0. The summed E-state index contributed by atoms with van der Waals surface area (Å²) in [6.07, 6.45) is 12.1. The number of aliphatic hydroxyl groups excluding tert-OH is 1. The van der Waals surface area contributed by atoms with Crippen molar-refractivity contribution in [2.45, 2.75) is 83.3 Å². The van der Waals surface area contributed by atoms with Crippen molar-refractivity contribution in [3.63, 3.8) is 0 Å². The summed E-state index contributed by atoms with van der Waals surface area (Å²) in [7, 11) is 0. The summed E-state index contributed by atoms with van der Waals surface area (Å²) in [5.41, 5.74) is -0.186. The second-order valence-electron chi connectivity index (χ2n) is 9.71. The van der Waals surface area contributed by atoms with Crippen molar-refractivity contribution in [2.24, 2.45) is 34.5 Å². The van der Waals surface area contributed by atoms with E-state index in [1.165, 1.54) is 32.1 Å². The first-order valence-electron chi connectivity index (χ1n) is 9.88. The lowest BCUT2D eigenvalue weighted by atomic mass is 9.44. The molecule has 2 nitrogen and oxygen atoms in total. The first-order chi connectivity index (χ1) is 10.8. The van der Waals surface area contributed by atoms with Crippen LogP contribution in [0.15, 0.2) is 12.7 Å². The number of hydrogen-bond acceptors (Lipinski definition) is 2. The van der Waals surface area contributed by atoms with Crippen LogP contribution in [0, 0.1) is 34.5 Å². The Kier molecular flexibility index (Phi) is 3.57. The predicted molar refractivity (Wildman–Crippen MR) is 92.9 cm³/mol. The van der Waals surface area contributed by atoms with Gasteiger partial charge in [0, 0.05) is 5.41 Å². The van der Waals surface area contributed by atoms with E-state index >= 15 is 0 Å². The Labute approximate surface area is 141 Å². The van der Waals surface area contributed by atoms with Crippen LogP contribution in [0.1, 0.15) is 71.6 Å². The van der Waals surface area contributed by atoms with E-state index in [0.717, 1.165) is 43.4 Å². The Morgan fingerprint density at radius 1 is 0.957 bits per heavy atom. The smallest absolute Gasteiger partial charge is 0.0881 e. The third-order valence-corrected chi connectivity index (χ3v) is 9.19. The number of aliphatic hydroxyl groups is 2. The number of fused-ring (bicyclic) bond motifs is 5. The Morgan fingerprint density at radius 2 is 1.70 bits per heavy atom. The van der Waals surface area contributed by atoms with Gasteiger partial charge in [0.1, 0.15) is 0 Å². The Balaban J connectivity index is 1.64.